The van der Waals surface area contributed by atoms with E-state index in [0.717, 1.165) is 77.3 Å². The van der Waals surface area contributed by atoms with E-state index in [9.17, 15) is 5.11 Å². The number of piperidine rings is 1. The highest BCUT2D eigenvalue weighted by atomic mass is 16.5. The quantitative estimate of drug-likeness (QED) is 0.706. The second kappa shape index (κ2) is 8.39. The molecule has 0 atom stereocenters. The van der Waals surface area contributed by atoms with Crippen LogP contribution in [-0.2, 0) is 6.54 Å². The van der Waals surface area contributed by atoms with E-state index in [0.29, 0.717) is 0 Å². The average molecular weight is 392 g/mol. The second-order valence-electron chi connectivity index (χ2n) is 7.72. The summed E-state index contributed by atoms with van der Waals surface area (Å²) < 4.78 is 11.1. The highest BCUT2D eigenvalue weighted by Gasteiger charge is 2.21. The van der Waals surface area contributed by atoms with Crippen LogP contribution in [0.15, 0.2) is 42.5 Å². The normalized spacial score (nSPS) is 15.6. The molecule has 0 bridgehead atoms. The Hall–Kier alpha value is -2.63. The fraction of sp³-hybridized carbons (Fsp3) is 0.375. The van der Waals surface area contributed by atoms with Gasteiger partial charge in [0, 0.05) is 30.6 Å². The molecule has 29 heavy (non-hydrogen) atoms. The number of aryl methyl sites for hydroxylation is 1. The summed E-state index contributed by atoms with van der Waals surface area (Å²) in [5, 5.41) is 11.0. The minimum absolute atomic E-state index is 0.179. The SMILES string of the molecule is COc1ccc(OC)c(-c2nc3c(C)cccc3cc2CN2CCC(O)CC2)c1. The Labute approximate surface area is 171 Å². The van der Waals surface area contributed by atoms with Gasteiger partial charge in [-0.25, -0.2) is 4.98 Å². The van der Waals surface area contributed by atoms with Crippen LogP contribution in [0.25, 0.3) is 22.2 Å². The molecule has 1 saturated heterocycles. The summed E-state index contributed by atoms with van der Waals surface area (Å²) in [6.45, 7) is 4.66. The molecule has 0 aliphatic carbocycles. The highest BCUT2D eigenvalue weighted by molar-refractivity contribution is 5.87. The lowest BCUT2D eigenvalue weighted by Gasteiger charge is -2.30. The van der Waals surface area contributed by atoms with Gasteiger partial charge in [-0.2, -0.15) is 0 Å². The molecule has 1 fully saturated rings. The molecule has 0 spiro atoms. The Morgan fingerprint density at radius 2 is 1.86 bits per heavy atom. The Morgan fingerprint density at radius 1 is 1.07 bits per heavy atom. The van der Waals surface area contributed by atoms with E-state index in [2.05, 4.69) is 36.1 Å². The van der Waals surface area contributed by atoms with Crippen molar-refractivity contribution in [3.63, 3.8) is 0 Å². The molecule has 1 aliphatic heterocycles. The summed E-state index contributed by atoms with van der Waals surface area (Å²) in [6, 6.07) is 14.4. The zero-order valence-electron chi connectivity index (χ0n) is 17.3. The van der Waals surface area contributed by atoms with Crippen LogP contribution in [-0.4, -0.2) is 48.4 Å². The van der Waals surface area contributed by atoms with Crippen molar-refractivity contribution < 1.29 is 14.6 Å². The molecule has 1 aromatic heterocycles. The Bertz CT molecular complexity index is 1010. The molecule has 5 nitrogen and oxygen atoms in total. The lowest BCUT2D eigenvalue weighted by molar-refractivity contribution is 0.0793. The molecule has 0 unspecified atom stereocenters. The zero-order chi connectivity index (χ0) is 20.4. The van der Waals surface area contributed by atoms with Gasteiger partial charge < -0.3 is 14.6 Å². The third-order valence-corrected chi connectivity index (χ3v) is 5.74. The van der Waals surface area contributed by atoms with E-state index in [4.69, 9.17) is 14.5 Å². The summed E-state index contributed by atoms with van der Waals surface area (Å²) in [4.78, 5) is 7.49. The number of methoxy groups -OCH3 is 2. The number of fused-ring (bicyclic) bond motifs is 1. The van der Waals surface area contributed by atoms with E-state index in [1.165, 1.54) is 0 Å². The molecule has 152 valence electrons. The fourth-order valence-electron chi connectivity index (χ4n) is 4.06. The number of rotatable bonds is 5. The molecule has 1 aliphatic rings. The third-order valence-electron chi connectivity index (χ3n) is 5.74. The highest BCUT2D eigenvalue weighted by Crippen LogP contribution is 2.36. The number of aliphatic hydroxyl groups excluding tert-OH is 1. The number of pyridine rings is 1. The van der Waals surface area contributed by atoms with Crippen LogP contribution >= 0.6 is 0 Å². The molecular formula is C24H28N2O3. The van der Waals surface area contributed by atoms with Crippen LogP contribution in [0, 0.1) is 6.92 Å². The number of aromatic nitrogens is 1. The number of nitrogens with zero attached hydrogens (tertiary/aromatic N) is 2. The van der Waals surface area contributed by atoms with Gasteiger partial charge in [-0.15, -0.1) is 0 Å². The Morgan fingerprint density at radius 3 is 2.59 bits per heavy atom. The maximum absolute atomic E-state index is 9.85. The number of hydrogen-bond acceptors (Lipinski definition) is 5. The predicted molar refractivity (Wildman–Crippen MR) is 116 cm³/mol. The van der Waals surface area contributed by atoms with Gasteiger partial charge in [0.05, 0.1) is 31.5 Å². The minimum atomic E-state index is -0.179. The number of hydrogen-bond donors (Lipinski definition) is 1. The van der Waals surface area contributed by atoms with Crippen molar-refractivity contribution in [1.82, 2.24) is 9.88 Å². The Kier molecular flexibility index (Phi) is 5.69. The molecule has 0 saturated carbocycles. The maximum Gasteiger partial charge on any atom is 0.128 e. The topological polar surface area (TPSA) is 54.8 Å². The first-order chi connectivity index (χ1) is 14.1. The molecule has 5 heteroatoms. The molecule has 2 heterocycles. The lowest BCUT2D eigenvalue weighted by atomic mass is 9.99. The van der Waals surface area contributed by atoms with Gasteiger partial charge >= 0.3 is 0 Å². The van der Waals surface area contributed by atoms with Gasteiger partial charge in [0.25, 0.3) is 0 Å². The van der Waals surface area contributed by atoms with Crippen LogP contribution in [0.2, 0.25) is 0 Å². The van der Waals surface area contributed by atoms with Crippen LogP contribution in [0.3, 0.4) is 0 Å². The van der Waals surface area contributed by atoms with E-state index in [-0.39, 0.29) is 6.10 Å². The van der Waals surface area contributed by atoms with Crippen molar-refractivity contribution >= 4 is 10.9 Å². The van der Waals surface area contributed by atoms with Gasteiger partial charge in [-0.1, -0.05) is 18.2 Å². The Balaban J connectivity index is 1.85. The lowest BCUT2D eigenvalue weighted by Crippen LogP contribution is -2.35. The fourth-order valence-corrected chi connectivity index (χ4v) is 4.06. The van der Waals surface area contributed by atoms with Crippen molar-refractivity contribution in [2.24, 2.45) is 0 Å². The van der Waals surface area contributed by atoms with Crippen molar-refractivity contribution in [3.8, 4) is 22.8 Å². The van der Waals surface area contributed by atoms with Gasteiger partial charge in [0.1, 0.15) is 11.5 Å². The van der Waals surface area contributed by atoms with Crippen molar-refractivity contribution in [1.29, 1.82) is 0 Å². The van der Waals surface area contributed by atoms with E-state index in [1.54, 1.807) is 14.2 Å². The van der Waals surface area contributed by atoms with Crippen LogP contribution < -0.4 is 9.47 Å². The van der Waals surface area contributed by atoms with Crippen LogP contribution in [0.4, 0.5) is 0 Å². The summed E-state index contributed by atoms with van der Waals surface area (Å²) in [7, 11) is 3.35. The molecule has 4 rings (SSSR count). The minimum Gasteiger partial charge on any atom is -0.497 e. The molecule has 0 radical (unpaired) electrons. The average Bonchev–Trinajstić information content (AvgIpc) is 2.75. The monoisotopic (exact) mass is 392 g/mol. The van der Waals surface area contributed by atoms with Crippen molar-refractivity contribution in [3.05, 3.63) is 53.6 Å². The van der Waals surface area contributed by atoms with Crippen LogP contribution in [0.5, 0.6) is 11.5 Å². The van der Waals surface area contributed by atoms with Gasteiger partial charge in [-0.3, -0.25) is 4.90 Å². The van der Waals surface area contributed by atoms with Gasteiger partial charge in [0.15, 0.2) is 0 Å². The summed E-state index contributed by atoms with van der Waals surface area (Å²) in [6.07, 6.45) is 1.46. The van der Waals surface area contributed by atoms with Gasteiger partial charge in [0.2, 0.25) is 0 Å². The molecule has 1 N–H and O–H groups in total. The zero-order valence-corrected chi connectivity index (χ0v) is 17.3. The first kappa shape index (κ1) is 19.7. The first-order valence-electron chi connectivity index (χ1n) is 10.1. The summed E-state index contributed by atoms with van der Waals surface area (Å²) >= 11 is 0. The molecule has 2 aromatic carbocycles. The largest absolute Gasteiger partial charge is 0.497 e. The van der Waals surface area contributed by atoms with E-state index < -0.39 is 0 Å². The van der Waals surface area contributed by atoms with Crippen molar-refractivity contribution in [2.45, 2.75) is 32.4 Å². The number of aliphatic hydroxyl groups is 1. The second-order valence-corrected chi connectivity index (χ2v) is 7.72. The number of likely N-dealkylation sites (tertiary alicyclic amines) is 1. The smallest absolute Gasteiger partial charge is 0.128 e. The van der Waals surface area contributed by atoms with Crippen LogP contribution in [0.1, 0.15) is 24.0 Å². The van der Waals surface area contributed by atoms with Gasteiger partial charge in [-0.05, 0) is 55.2 Å². The maximum atomic E-state index is 9.85. The third kappa shape index (κ3) is 4.07. The molecular weight excluding hydrogens is 364 g/mol. The number of benzene rings is 2. The van der Waals surface area contributed by atoms with Crippen molar-refractivity contribution in [2.75, 3.05) is 27.3 Å². The van der Waals surface area contributed by atoms with E-state index in [1.807, 2.05) is 18.2 Å². The predicted octanol–water partition coefficient (Wildman–Crippen LogP) is 4.18. The molecule has 3 aromatic rings. The summed E-state index contributed by atoms with van der Waals surface area (Å²) in [5.74, 6) is 1.56. The summed E-state index contributed by atoms with van der Waals surface area (Å²) in [5.41, 5.74) is 5.17. The number of ether oxygens (including phenoxy) is 2. The molecule has 0 amide bonds. The van der Waals surface area contributed by atoms with E-state index >= 15 is 0 Å². The first-order valence-corrected chi connectivity index (χ1v) is 10.1. The number of para-hydroxylation sites is 1. The standard InChI is InChI=1S/C24H28N2O3/c1-16-5-4-6-17-13-18(15-26-11-9-19(27)10-12-26)24(25-23(16)17)21-14-20(28-2)7-8-22(21)29-3/h4-8,13-14,19,27H,9-12,15H2,1-3H3.